The predicted molar refractivity (Wildman–Crippen MR) is 123 cm³/mol. The molecular weight excluding hydrogens is 351 g/mol. The highest BCUT2D eigenvalue weighted by Gasteiger charge is 2.27. The number of rotatable bonds is 4. The first-order valence-electron chi connectivity index (χ1n) is 8.90. The molecule has 0 saturated carbocycles. The van der Waals surface area contributed by atoms with Gasteiger partial charge in [-0.3, -0.25) is 0 Å². The van der Waals surface area contributed by atoms with Gasteiger partial charge in [-0.05, 0) is 34.0 Å². The maximum atomic E-state index is 5.91. The van der Waals surface area contributed by atoms with Gasteiger partial charge in [0, 0.05) is 4.86 Å². The summed E-state index contributed by atoms with van der Waals surface area (Å²) in [6.07, 6.45) is 0. The highest BCUT2D eigenvalue weighted by molar-refractivity contribution is 7.97. The van der Waals surface area contributed by atoms with E-state index in [0.717, 1.165) is 4.86 Å². The van der Waals surface area contributed by atoms with Crippen LogP contribution in [0.15, 0.2) is 91.0 Å². The van der Waals surface area contributed by atoms with Gasteiger partial charge in [0.1, 0.15) is 0 Å². The molecule has 0 N–H and O–H groups in total. The Morgan fingerprint density at radius 3 is 1.23 bits per heavy atom. The van der Waals surface area contributed by atoms with Crippen molar-refractivity contribution in [2.75, 3.05) is 0 Å². The molecule has 3 aromatic carbocycles. The molecule has 0 radical (unpaired) electrons. The summed E-state index contributed by atoms with van der Waals surface area (Å²) in [5, 5.41) is 4.01. The minimum Gasteiger partial charge on any atom is -0.0843 e. The topological polar surface area (TPSA) is 0 Å². The summed E-state index contributed by atoms with van der Waals surface area (Å²) < 4.78 is 0. The lowest BCUT2D eigenvalue weighted by molar-refractivity contribution is 0.608. The lowest BCUT2D eigenvalue weighted by atomic mass is 9.93. The van der Waals surface area contributed by atoms with Crippen molar-refractivity contribution in [3.05, 3.63) is 91.0 Å². The van der Waals surface area contributed by atoms with Crippen LogP contribution in [0.5, 0.6) is 0 Å². The van der Waals surface area contributed by atoms with E-state index in [1.807, 2.05) is 0 Å². The molecule has 2 heteroatoms. The second kappa shape index (κ2) is 7.74. The Morgan fingerprint density at radius 1 is 0.654 bits per heavy atom. The average molecular weight is 377 g/mol. The molecule has 0 heterocycles. The summed E-state index contributed by atoms with van der Waals surface area (Å²) >= 11 is 5.91. The van der Waals surface area contributed by atoms with E-state index >= 15 is 0 Å². The molecule has 0 bridgehead atoms. The Bertz CT molecular complexity index is 817. The number of thiocarbonyl (C=S) groups is 1. The molecule has 0 aliphatic carbocycles. The fraction of sp³-hybridized carbons (Fsp3) is 0.167. The molecule has 3 aromatic rings. The van der Waals surface area contributed by atoms with Crippen LogP contribution in [0.2, 0.25) is 0 Å². The van der Waals surface area contributed by atoms with Gasteiger partial charge < -0.3 is 0 Å². The van der Waals surface area contributed by atoms with Crippen LogP contribution in [0.4, 0.5) is 0 Å². The van der Waals surface area contributed by atoms with Crippen LogP contribution in [0.3, 0.4) is 0 Å². The van der Waals surface area contributed by atoms with Gasteiger partial charge in [-0.1, -0.05) is 124 Å². The Labute approximate surface area is 162 Å². The van der Waals surface area contributed by atoms with E-state index in [2.05, 4.69) is 118 Å². The van der Waals surface area contributed by atoms with Gasteiger partial charge in [0.05, 0.1) is 0 Å². The maximum Gasteiger partial charge on any atom is 0.0216 e. The van der Waals surface area contributed by atoms with Crippen molar-refractivity contribution in [3.63, 3.8) is 0 Å². The van der Waals surface area contributed by atoms with E-state index in [1.165, 1.54) is 15.9 Å². The van der Waals surface area contributed by atoms with Gasteiger partial charge in [0.25, 0.3) is 0 Å². The van der Waals surface area contributed by atoms with Crippen molar-refractivity contribution in [1.82, 2.24) is 0 Å². The lowest BCUT2D eigenvalue weighted by Crippen LogP contribution is -2.31. The SMILES string of the molecule is CC(C)(C)C(=S)C=P(c1ccccc1)(c1ccccc1)c1ccccc1. The fourth-order valence-corrected chi connectivity index (χ4v) is 7.51. The van der Waals surface area contributed by atoms with Crippen molar-refractivity contribution < 1.29 is 0 Å². The van der Waals surface area contributed by atoms with Gasteiger partial charge >= 0.3 is 0 Å². The second-order valence-corrected chi connectivity index (χ2v) is 11.2. The van der Waals surface area contributed by atoms with Gasteiger partial charge in [-0.2, -0.15) is 0 Å². The summed E-state index contributed by atoms with van der Waals surface area (Å²) in [6, 6.07) is 32.5. The summed E-state index contributed by atoms with van der Waals surface area (Å²) in [5.41, 5.74) is -0.0427. The van der Waals surface area contributed by atoms with Gasteiger partial charge in [-0.25, -0.2) is 0 Å². The van der Waals surface area contributed by atoms with Gasteiger partial charge in [0.2, 0.25) is 0 Å². The zero-order chi connectivity index (χ0) is 18.6. The van der Waals surface area contributed by atoms with Crippen molar-refractivity contribution >= 4 is 45.7 Å². The Balaban J connectivity index is 2.44. The van der Waals surface area contributed by atoms with Crippen LogP contribution in [-0.2, 0) is 0 Å². The normalized spacial score (nSPS) is 11.8. The largest absolute Gasteiger partial charge is 0.0843 e. The monoisotopic (exact) mass is 376 g/mol. The minimum atomic E-state index is -1.97. The molecule has 0 aliphatic heterocycles. The highest BCUT2D eigenvalue weighted by Crippen LogP contribution is 2.44. The second-order valence-electron chi connectivity index (χ2n) is 7.47. The third-order valence-electron chi connectivity index (χ3n) is 4.54. The van der Waals surface area contributed by atoms with Crippen molar-refractivity contribution in [2.45, 2.75) is 20.8 Å². The quantitative estimate of drug-likeness (QED) is 0.446. The first kappa shape index (κ1) is 18.8. The van der Waals surface area contributed by atoms with Crippen molar-refractivity contribution in [3.8, 4) is 0 Å². The third-order valence-corrected chi connectivity index (χ3v) is 9.43. The van der Waals surface area contributed by atoms with Crippen molar-refractivity contribution in [2.24, 2.45) is 5.41 Å². The standard InChI is InChI=1S/C24H25PS/c1-24(2,3)23(26)19-25(20-13-7-4-8-14-20,21-15-9-5-10-16-21)22-17-11-6-12-18-22/h4-19H,1-3H3. The number of hydrogen-bond acceptors (Lipinski definition) is 1. The Hall–Kier alpha value is -1.95. The maximum absolute atomic E-state index is 5.91. The van der Waals surface area contributed by atoms with Crippen LogP contribution >= 0.6 is 19.1 Å². The molecule has 132 valence electrons. The zero-order valence-corrected chi connectivity index (χ0v) is 17.3. The molecule has 0 spiro atoms. The lowest BCUT2D eigenvalue weighted by Gasteiger charge is -2.31. The molecule has 0 aromatic heterocycles. The summed E-state index contributed by atoms with van der Waals surface area (Å²) in [7, 11) is 0. The number of benzene rings is 3. The van der Waals surface area contributed by atoms with Crippen molar-refractivity contribution in [1.29, 1.82) is 0 Å². The zero-order valence-electron chi connectivity index (χ0n) is 15.6. The Kier molecular flexibility index (Phi) is 5.61. The molecule has 0 aliphatic rings. The molecule has 0 fully saturated rings. The summed E-state index contributed by atoms with van der Waals surface area (Å²) in [4.78, 5) is 1.02. The predicted octanol–water partition coefficient (Wildman–Crippen LogP) is 5.20. The minimum absolute atomic E-state index is 0.0427. The third kappa shape index (κ3) is 3.75. The fourth-order valence-electron chi connectivity index (χ4n) is 3.03. The Morgan fingerprint density at radius 2 is 0.962 bits per heavy atom. The average Bonchev–Trinajstić information content (AvgIpc) is 2.67. The molecule has 0 unspecified atom stereocenters. The van der Waals surface area contributed by atoms with Crippen LogP contribution in [0.1, 0.15) is 20.8 Å². The van der Waals surface area contributed by atoms with E-state index in [0.29, 0.717) is 0 Å². The first-order valence-corrected chi connectivity index (χ1v) is 11.2. The highest BCUT2D eigenvalue weighted by atomic mass is 32.1. The molecule has 0 saturated heterocycles. The number of hydrogen-bond donors (Lipinski definition) is 0. The first-order chi connectivity index (χ1) is 12.4. The molecule has 0 atom stereocenters. The van der Waals surface area contributed by atoms with E-state index < -0.39 is 6.89 Å². The molecule has 0 amide bonds. The summed E-state index contributed by atoms with van der Waals surface area (Å²) in [6.45, 7) is 4.62. The smallest absolute Gasteiger partial charge is 0.0216 e. The van der Waals surface area contributed by atoms with E-state index in [9.17, 15) is 0 Å². The van der Waals surface area contributed by atoms with Crippen LogP contribution in [0, 0.1) is 5.41 Å². The molecule has 3 rings (SSSR count). The summed E-state index contributed by atoms with van der Waals surface area (Å²) in [5.74, 6) is 2.39. The van der Waals surface area contributed by atoms with Crippen LogP contribution in [0.25, 0.3) is 0 Å². The molecular formula is C24H25PS. The van der Waals surface area contributed by atoms with E-state index in [-0.39, 0.29) is 5.41 Å². The van der Waals surface area contributed by atoms with E-state index in [1.54, 1.807) is 0 Å². The molecule has 26 heavy (non-hydrogen) atoms. The van der Waals surface area contributed by atoms with Gasteiger partial charge in [-0.15, -0.1) is 0 Å². The van der Waals surface area contributed by atoms with E-state index in [4.69, 9.17) is 12.2 Å². The molecule has 0 nitrogen and oxygen atoms in total. The van der Waals surface area contributed by atoms with Crippen LogP contribution < -0.4 is 15.9 Å². The van der Waals surface area contributed by atoms with Gasteiger partial charge in [0.15, 0.2) is 0 Å². The van der Waals surface area contributed by atoms with Crippen LogP contribution in [-0.4, -0.2) is 10.7 Å².